The molecule has 2 heterocycles. The number of hydrogen-bond acceptors (Lipinski definition) is 7. The van der Waals surface area contributed by atoms with E-state index in [4.69, 9.17) is 16.3 Å². The molecule has 2 rings (SSSR count). The highest BCUT2D eigenvalue weighted by molar-refractivity contribution is 7.90. The van der Waals surface area contributed by atoms with Crippen molar-refractivity contribution >= 4 is 39.1 Å². The molecule has 0 unspecified atom stereocenters. The molecule has 10 heteroatoms. The van der Waals surface area contributed by atoms with E-state index < -0.39 is 15.8 Å². The van der Waals surface area contributed by atoms with Gasteiger partial charge in [-0.1, -0.05) is 18.5 Å². The van der Waals surface area contributed by atoms with Crippen molar-refractivity contribution in [3.63, 3.8) is 0 Å². The van der Waals surface area contributed by atoms with Crippen LogP contribution in [0.1, 0.15) is 25.3 Å². The summed E-state index contributed by atoms with van der Waals surface area (Å²) in [4.78, 5) is 29.1. The van der Waals surface area contributed by atoms with Crippen molar-refractivity contribution in [3.8, 4) is 0 Å². The number of morpholine rings is 1. The molecule has 1 atom stereocenters. The van der Waals surface area contributed by atoms with Gasteiger partial charge in [-0.3, -0.25) is 14.5 Å². The number of halogens is 1. The maximum absolute atomic E-state index is 12.2. The third-order valence-corrected chi connectivity index (χ3v) is 5.75. The lowest BCUT2D eigenvalue weighted by Crippen LogP contribution is -2.49. The fourth-order valence-electron chi connectivity index (χ4n) is 2.65. The van der Waals surface area contributed by atoms with E-state index in [0.29, 0.717) is 24.4 Å². The molecule has 1 aromatic rings. The van der Waals surface area contributed by atoms with E-state index in [1.54, 1.807) is 0 Å². The van der Waals surface area contributed by atoms with Gasteiger partial charge < -0.3 is 9.47 Å². The first-order chi connectivity index (χ1) is 12.3. The number of carbonyl (C=O) groups is 2. The molecule has 0 saturated carbocycles. The molecule has 0 bridgehead atoms. The molecule has 1 saturated heterocycles. The summed E-state index contributed by atoms with van der Waals surface area (Å²) in [7, 11) is -2.35. The predicted octanol–water partition coefficient (Wildman–Crippen LogP) is 1.35. The Morgan fingerprint density at radius 3 is 2.85 bits per heavy atom. The van der Waals surface area contributed by atoms with Crippen LogP contribution in [0.2, 0.25) is 5.15 Å². The monoisotopic (exact) mass is 404 g/mol. The lowest BCUT2D eigenvalue weighted by atomic mass is 10.1. The van der Waals surface area contributed by atoms with Crippen LogP contribution < -0.4 is 4.90 Å². The summed E-state index contributed by atoms with van der Waals surface area (Å²) in [5, 5.41) is 0.0924. The Labute approximate surface area is 157 Å². The Bertz CT molecular complexity index is 783. The van der Waals surface area contributed by atoms with Gasteiger partial charge in [-0.15, -0.1) is 0 Å². The van der Waals surface area contributed by atoms with Gasteiger partial charge in [0.1, 0.15) is 17.6 Å². The molecular formula is C16H21ClN2O6S. The van der Waals surface area contributed by atoms with Gasteiger partial charge in [0.05, 0.1) is 37.7 Å². The second-order valence-electron chi connectivity index (χ2n) is 5.92. The number of methoxy groups -OCH3 is 1. The van der Waals surface area contributed by atoms with Crippen molar-refractivity contribution in [1.82, 2.24) is 4.98 Å². The number of ether oxygens (including phenoxy) is 2. The van der Waals surface area contributed by atoms with Gasteiger partial charge >= 0.3 is 5.97 Å². The summed E-state index contributed by atoms with van der Waals surface area (Å²) in [5.74, 6) is -1.18. The molecular weight excluding hydrogens is 384 g/mol. The number of esters is 1. The molecule has 1 aliphatic heterocycles. The smallest absolute Gasteiger partial charge is 0.306 e. The minimum atomic E-state index is -3.55. The van der Waals surface area contributed by atoms with Gasteiger partial charge in [0.15, 0.2) is 9.84 Å². The van der Waals surface area contributed by atoms with Gasteiger partial charge in [-0.25, -0.2) is 13.4 Å². The van der Waals surface area contributed by atoms with E-state index in [9.17, 15) is 18.0 Å². The number of amides is 1. The number of anilines is 1. The van der Waals surface area contributed by atoms with Crippen LogP contribution in [-0.2, 0) is 34.7 Å². The van der Waals surface area contributed by atoms with Crippen LogP contribution in [0.15, 0.2) is 12.1 Å². The van der Waals surface area contributed by atoms with Gasteiger partial charge in [0, 0.05) is 0 Å². The maximum atomic E-state index is 12.2. The molecule has 26 heavy (non-hydrogen) atoms. The Morgan fingerprint density at radius 1 is 1.46 bits per heavy atom. The fraction of sp³-hybridized carbons (Fsp3) is 0.562. The van der Waals surface area contributed by atoms with Crippen LogP contribution in [-0.4, -0.2) is 57.4 Å². The predicted molar refractivity (Wildman–Crippen MR) is 95.8 cm³/mol. The zero-order valence-electron chi connectivity index (χ0n) is 14.6. The third kappa shape index (κ3) is 5.39. The number of aromatic nitrogens is 1. The van der Waals surface area contributed by atoms with Gasteiger partial charge in [0.25, 0.3) is 5.91 Å². The molecule has 0 aliphatic carbocycles. The van der Waals surface area contributed by atoms with E-state index in [1.807, 2.05) is 6.92 Å². The molecule has 0 aromatic carbocycles. The lowest BCUT2D eigenvalue weighted by molar-refractivity contribution is -0.140. The standard InChI is InChI=1S/C16H21ClN2O6S/c1-3-12-8-25-9-15(20)19(12)14-7-11(6-13(17)18-14)10-26(22,23)5-4-16(21)24-2/h6-7,12H,3-5,8-10H2,1-2H3/t12-/m0/s1. The fourth-order valence-corrected chi connectivity index (χ4v) is 4.18. The normalized spacial score (nSPS) is 18.0. The van der Waals surface area contributed by atoms with Crippen molar-refractivity contribution in [2.24, 2.45) is 0 Å². The number of pyridine rings is 1. The summed E-state index contributed by atoms with van der Waals surface area (Å²) in [6, 6.07) is 2.78. The Kier molecular flexibility index (Phi) is 6.96. The van der Waals surface area contributed by atoms with E-state index in [0.717, 1.165) is 0 Å². The van der Waals surface area contributed by atoms with Crippen molar-refractivity contribution in [3.05, 3.63) is 22.8 Å². The number of sulfone groups is 1. The number of carbonyl (C=O) groups excluding carboxylic acids is 2. The van der Waals surface area contributed by atoms with E-state index in [1.165, 1.54) is 24.1 Å². The highest BCUT2D eigenvalue weighted by Gasteiger charge is 2.30. The first-order valence-electron chi connectivity index (χ1n) is 8.09. The summed E-state index contributed by atoms with van der Waals surface area (Å²) in [6.45, 7) is 2.24. The van der Waals surface area contributed by atoms with E-state index in [2.05, 4.69) is 9.72 Å². The van der Waals surface area contributed by atoms with Crippen molar-refractivity contribution in [1.29, 1.82) is 0 Å². The molecule has 0 radical (unpaired) electrons. The quantitative estimate of drug-likeness (QED) is 0.499. The summed E-state index contributed by atoms with van der Waals surface area (Å²) in [6.07, 6.45) is 0.442. The number of nitrogens with zero attached hydrogens (tertiary/aromatic N) is 2. The van der Waals surface area contributed by atoms with Crippen molar-refractivity contribution < 1.29 is 27.5 Å². The summed E-state index contributed by atoms with van der Waals surface area (Å²) < 4.78 is 34.2. The molecule has 0 N–H and O–H groups in total. The molecule has 1 aromatic heterocycles. The Morgan fingerprint density at radius 2 is 2.19 bits per heavy atom. The van der Waals surface area contributed by atoms with E-state index >= 15 is 0 Å². The topological polar surface area (TPSA) is 103 Å². The average Bonchev–Trinajstić information content (AvgIpc) is 2.58. The SMILES string of the molecule is CC[C@H]1COCC(=O)N1c1cc(CS(=O)(=O)CCC(=O)OC)cc(Cl)n1. The Hall–Kier alpha value is -1.71. The van der Waals surface area contributed by atoms with Gasteiger partial charge in [0.2, 0.25) is 0 Å². The lowest BCUT2D eigenvalue weighted by Gasteiger charge is -2.34. The maximum Gasteiger partial charge on any atom is 0.306 e. The zero-order chi connectivity index (χ0) is 19.3. The highest BCUT2D eigenvalue weighted by atomic mass is 35.5. The average molecular weight is 405 g/mol. The van der Waals surface area contributed by atoms with Crippen molar-refractivity contribution in [2.75, 3.05) is 31.0 Å². The molecule has 144 valence electrons. The van der Waals surface area contributed by atoms with Crippen LogP contribution in [0.3, 0.4) is 0 Å². The van der Waals surface area contributed by atoms with Crippen LogP contribution in [0.4, 0.5) is 5.82 Å². The molecule has 1 aliphatic rings. The van der Waals surface area contributed by atoms with Crippen LogP contribution in [0.25, 0.3) is 0 Å². The third-order valence-electron chi connectivity index (χ3n) is 3.96. The van der Waals surface area contributed by atoms with Crippen LogP contribution >= 0.6 is 11.6 Å². The second kappa shape index (κ2) is 8.79. The Balaban J connectivity index is 2.24. The first-order valence-corrected chi connectivity index (χ1v) is 10.3. The highest BCUT2D eigenvalue weighted by Crippen LogP contribution is 2.25. The van der Waals surface area contributed by atoms with Gasteiger partial charge in [-0.05, 0) is 24.1 Å². The van der Waals surface area contributed by atoms with Gasteiger partial charge in [-0.2, -0.15) is 0 Å². The van der Waals surface area contributed by atoms with E-state index in [-0.39, 0.29) is 41.6 Å². The minimum absolute atomic E-state index is 0.0581. The first kappa shape index (κ1) is 20.6. The largest absolute Gasteiger partial charge is 0.469 e. The minimum Gasteiger partial charge on any atom is -0.469 e. The molecule has 1 amide bonds. The molecule has 1 fully saturated rings. The summed E-state index contributed by atoms with van der Waals surface area (Å²) >= 11 is 6.04. The number of hydrogen-bond donors (Lipinski definition) is 0. The van der Waals surface area contributed by atoms with Crippen LogP contribution in [0, 0.1) is 0 Å². The van der Waals surface area contributed by atoms with Crippen LogP contribution in [0.5, 0.6) is 0 Å². The molecule has 8 nitrogen and oxygen atoms in total. The summed E-state index contributed by atoms with van der Waals surface area (Å²) in [5.41, 5.74) is 0.402. The second-order valence-corrected chi connectivity index (χ2v) is 8.49. The van der Waals surface area contributed by atoms with Crippen molar-refractivity contribution in [2.45, 2.75) is 31.6 Å². The number of rotatable bonds is 7. The zero-order valence-corrected chi connectivity index (χ0v) is 16.2. The molecule has 0 spiro atoms.